The zero-order valence-corrected chi connectivity index (χ0v) is 9.51. The summed E-state index contributed by atoms with van der Waals surface area (Å²) in [5, 5.41) is 12.1. The molecule has 4 heteroatoms. The molecule has 0 bridgehead atoms. The topological polar surface area (TPSA) is 49.3 Å². The Balaban J connectivity index is 2.82. The van der Waals surface area contributed by atoms with Crippen molar-refractivity contribution in [2.75, 3.05) is 6.61 Å². The molecule has 0 radical (unpaired) electrons. The minimum absolute atomic E-state index is 0.0711. The smallest absolute Gasteiger partial charge is 0.251 e. The van der Waals surface area contributed by atoms with Crippen LogP contribution in [0.5, 0.6) is 0 Å². The molecule has 0 saturated carbocycles. The number of halogens is 1. The molecular weight excluding hydrogens is 214 g/mol. The molecule has 0 spiro atoms. The van der Waals surface area contributed by atoms with Crippen LogP contribution in [0.25, 0.3) is 0 Å². The number of aliphatic hydroxyl groups excluding tert-OH is 1. The van der Waals surface area contributed by atoms with Crippen molar-refractivity contribution in [1.82, 2.24) is 5.32 Å². The number of amides is 1. The van der Waals surface area contributed by atoms with E-state index in [-0.39, 0.29) is 18.6 Å². The quantitative estimate of drug-likeness (QED) is 0.827. The van der Waals surface area contributed by atoms with Gasteiger partial charge in [-0.2, -0.15) is 0 Å². The van der Waals surface area contributed by atoms with E-state index in [4.69, 9.17) is 16.7 Å². The molecule has 0 aliphatic rings. The van der Waals surface area contributed by atoms with Gasteiger partial charge in [0, 0.05) is 16.6 Å². The molecule has 1 aromatic carbocycles. The summed E-state index contributed by atoms with van der Waals surface area (Å²) in [6.07, 6.45) is 0. The number of benzene rings is 1. The fourth-order valence-electron chi connectivity index (χ4n) is 1.23. The van der Waals surface area contributed by atoms with E-state index >= 15 is 0 Å². The fourth-order valence-corrected chi connectivity index (χ4v) is 1.46. The van der Waals surface area contributed by atoms with Gasteiger partial charge in [-0.05, 0) is 37.6 Å². The molecule has 3 nitrogen and oxygen atoms in total. The van der Waals surface area contributed by atoms with Gasteiger partial charge in [0.15, 0.2) is 0 Å². The first-order chi connectivity index (χ1) is 7.04. The first-order valence-corrected chi connectivity index (χ1v) is 5.10. The molecule has 0 saturated heterocycles. The summed E-state index contributed by atoms with van der Waals surface area (Å²) >= 11 is 5.78. The molecule has 0 aromatic heterocycles. The first-order valence-electron chi connectivity index (χ1n) is 4.72. The Labute approximate surface area is 94.1 Å². The molecule has 0 heterocycles. The number of nitrogens with one attached hydrogen (secondary N) is 1. The van der Waals surface area contributed by atoms with Crippen molar-refractivity contribution in [3.63, 3.8) is 0 Å². The monoisotopic (exact) mass is 227 g/mol. The number of hydrogen-bond donors (Lipinski definition) is 2. The third kappa shape index (κ3) is 3.22. The van der Waals surface area contributed by atoms with Gasteiger partial charge in [0.25, 0.3) is 5.91 Å². The van der Waals surface area contributed by atoms with Crippen LogP contribution in [-0.2, 0) is 0 Å². The molecule has 82 valence electrons. The van der Waals surface area contributed by atoms with E-state index in [2.05, 4.69) is 5.32 Å². The zero-order chi connectivity index (χ0) is 11.4. The van der Waals surface area contributed by atoms with E-state index in [1.165, 1.54) is 0 Å². The van der Waals surface area contributed by atoms with Crippen LogP contribution in [0.3, 0.4) is 0 Å². The van der Waals surface area contributed by atoms with Gasteiger partial charge in [0.2, 0.25) is 0 Å². The Morgan fingerprint density at radius 2 is 2.27 bits per heavy atom. The van der Waals surface area contributed by atoms with Crippen LogP contribution < -0.4 is 5.32 Å². The van der Waals surface area contributed by atoms with Crippen molar-refractivity contribution in [3.05, 3.63) is 34.3 Å². The lowest BCUT2D eigenvalue weighted by atomic mass is 10.1. The van der Waals surface area contributed by atoms with Crippen molar-refractivity contribution in [2.24, 2.45) is 0 Å². The van der Waals surface area contributed by atoms with Gasteiger partial charge in [-0.3, -0.25) is 4.79 Å². The standard InChI is InChI=1S/C11H14ClNO2/c1-7-5-9(12)3-4-10(7)11(15)13-8(2)6-14/h3-5,8,14H,6H2,1-2H3,(H,13,15)/t8-/m1/s1. The Morgan fingerprint density at radius 1 is 1.60 bits per heavy atom. The molecule has 1 atom stereocenters. The van der Waals surface area contributed by atoms with Crippen LogP contribution >= 0.6 is 11.6 Å². The van der Waals surface area contributed by atoms with Gasteiger partial charge < -0.3 is 10.4 Å². The normalized spacial score (nSPS) is 12.3. The summed E-state index contributed by atoms with van der Waals surface area (Å²) in [5.74, 6) is -0.189. The largest absolute Gasteiger partial charge is 0.394 e. The minimum atomic E-state index is -0.243. The summed E-state index contributed by atoms with van der Waals surface area (Å²) in [4.78, 5) is 11.7. The predicted octanol–water partition coefficient (Wildman–Crippen LogP) is 1.76. The fraction of sp³-hybridized carbons (Fsp3) is 0.364. The Kier molecular flexibility index (Phi) is 4.12. The lowest BCUT2D eigenvalue weighted by molar-refractivity contribution is 0.0921. The zero-order valence-electron chi connectivity index (χ0n) is 8.75. The highest BCUT2D eigenvalue weighted by Crippen LogP contribution is 2.15. The molecule has 1 amide bonds. The molecule has 2 N–H and O–H groups in total. The average molecular weight is 228 g/mol. The van der Waals surface area contributed by atoms with Crippen LogP contribution in [0.4, 0.5) is 0 Å². The van der Waals surface area contributed by atoms with Gasteiger partial charge in [0.1, 0.15) is 0 Å². The number of hydrogen-bond acceptors (Lipinski definition) is 2. The van der Waals surface area contributed by atoms with Crippen LogP contribution in [0.15, 0.2) is 18.2 Å². The van der Waals surface area contributed by atoms with E-state index in [1.54, 1.807) is 25.1 Å². The Bertz CT molecular complexity index is 366. The number of rotatable bonds is 3. The summed E-state index contributed by atoms with van der Waals surface area (Å²) < 4.78 is 0. The van der Waals surface area contributed by atoms with Crippen molar-refractivity contribution in [3.8, 4) is 0 Å². The van der Waals surface area contributed by atoms with Gasteiger partial charge in [0.05, 0.1) is 6.61 Å². The number of aliphatic hydroxyl groups is 1. The summed E-state index contributed by atoms with van der Waals surface area (Å²) in [7, 11) is 0. The van der Waals surface area contributed by atoms with Crippen LogP contribution in [0.2, 0.25) is 5.02 Å². The van der Waals surface area contributed by atoms with Gasteiger partial charge in [-0.15, -0.1) is 0 Å². The number of carbonyl (C=O) groups excluding carboxylic acids is 1. The maximum absolute atomic E-state index is 11.7. The molecule has 0 unspecified atom stereocenters. The SMILES string of the molecule is Cc1cc(Cl)ccc1C(=O)N[C@H](C)CO. The first kappa shape index (κ1) is 12.0. The van der Waals surface area contributed by atoms with Crippen LogP contribution in [-0.4, -0.2) is 23.7 Å². The molecule has 0 aliphatic carbocycles. The second-order valence-corrected chi connectivity index (χ2v) is 3.95. The maximum atomic E-state index is 11.7. The van der Waals surface area contributed by atoms with E-state index in [1.807, 2.05) is 6.92 Å². The molecule has 1 rings (SSSR count). The Hall–Kier alpha value is -1.06. The highest BCUT2D eigenvalue weighted by Gasteiger charge is 2.11. The number of aryl methyl sites for hydroxylation is 1. The molecular formula is C11H14ClNO2. The molecule has 0 fully saturated rings. The van der Waals surface area contributed by atoms with Crippen molar-refractivity contribution in [1.29, 1.82) is 0 Å². The third-order valence-corrected chi connectivity index (χ3v) is 2.32. The van der Waals surface area contributed by atoms with Gasteiger partial charge in [-0.25, -0.2) is 0 Å². The summed E-state index contributed by atoms with van der Waals surface area (Å²) in [6, 6.07) is 4.84. The van der Waals surface area contributed by atoms with Crippen LogP contribution in [0.1, 0.15) is 22.8 Å². The second-order valence-electron chi connectivity index (χ2n) is 3.52. The minimum Gasteiger partial charge on any atom is -0.394 e. The Morgan fingerprint density at radius 3 is 2.80 bits per heavy atom. The van der Waals surface area contributed by atoms with Crippen molar-refractivity contribution >= 4 is 17.5 Å². The highest BCUT2D eigenvalue weighted by molar-refractivity contribution is 6.30. The van der Waals surface area contributed by atoms with E-state index in [0.29, 0.717) is 10.6 Å². The lowest BCUT2D eigenvalue weighted by Gasteiger charge is -2.12. The molecule has 15 heavy (non-hydrogen) atoms. The van der Waals surface area contributed by atoms with Gasteiger partial charge >= 0.3 is 0 Å². The summed E-state index contributed by atoms with van der Waals surface area (Å²) in [6.45, 7) is 3.49. The third-order valence-electron chi connectivity index (χ3n) is 2.08. The van der Waals surface area contributed by atoms with Crippen molar-refractivity contribution < 1.29 is 9.90 Å². The van der Waals surface area contributed by atoms with E-state index in [9.17, 15) is 4.79 Å². The summed E-state index contributed by atoms with van der Waals surface area (Å²) in [5.41, 5.74) is 1.41. The van der Waals surface area contributed by atoms with Crippen molar-refractivity contribution in [2.45, 2.75) is 19.9 Å². The molecule has 1 aromatic rings. The van der Waals surface area contributed by atoms with Crippen LogP contribution in [0, 0.1) is 6.92 Å². The van der Waals surface area contributed by atoms with E-state index < -0.39 is 0 Å². The highest BCUT2D eigenvalue weighted by atomic mass is 35.5. The lowest BCUT2D eigenvalue weighted by Crippen LogP contribution is -2.35. The number of carbonyl (C=O) groups is 1. The predicted molar refractivity (Wildman–Crippen MR) is 60.2 cm³/mol. The maximum Gasteiger partial charge on any atom is 0.251 e. The van der Waals surface area contributed by atoms with Gasteiger partial charge in [-0.1, -0.05) is 11.6 Å². The molecule has 0 aliphatic heterocycles. The van der Waals surface area contributed by atoms with E-state index in [0.717, 1.165) is 5.56 Å². The average Bonchev–Trinajstić information content (AvgIpc) is 2.17. The second kappa shape index (κ2) is 5.14.